The van der Waals surface area contributed by atoms with E-state index < -0.39 is 5.60 Å². The van der Waals surface area contributed by atoms with Gasteiger partial charge >= 0.3 is 6.09 Å². The Morgan fingerprint density at radius 1 is 1.32 bits per heavy atom. The first-order valence-electron chi connectivity index (χ1n) is 10.3. The molecule has 7 heteroatoms. The highest BCUT2D eigenvalue weighted by atomic mass is 16.6. The monoisotopic (exact) mass is 389 g/mol. The molecule has 2 fully saturated rings. The molecule has 1 N–H and O–H groups in total. The van der Waals surface area contributed by atoms with E-state index in [1.54, 1.807) is 4.90 Å². The number of hydrogen-bond donors (Lipinski definition) is 1. The number of nitrogens with zero attached hydrogens (tertiary/aromatic N) is 3. The zero-order valence-corrected chi connectivity index (χ0v) is 17.3. The molecule has 28 heavy (non-hydrogen) atoms. The molecule has 1 aromatic rings. The Hall–Kier alpha value is -2.02. The average molecular weight is 389 g/mol. The van der Waals surface area contributed by atoms with Crippen LogP contribution in [0.15, 0.2) is 6.07 Å². The lowest BCUT2D eigenvalue weighted by Crippen LogP contribution is -2.58. The summed E-state index contributed by atoms with van der Waals surface area (Å²) in [6, 6.07) is 2.10. The third kappa shape index (κ3) is 4.04. The van der Waals surface area contributed by atoms with Crippen LogP contribution in [0.25, 0.3) is 0 Å². The molecule has 1 saturated carbocycles. The van der Waals surface area contributed by atoms with Gasteiger partial charge in [-0.25, -0.2) is 9.78 Å². The van der Waals surface area contributed by atoms with Gasteiger partial charge in [0.1, 0.15) is 22.9 Å². The number of ether oxygens (including phenoxy) is 2. The van der Waals surface area contributed by atoms with Crippen LogP contribution in [-0.2, 0) is 22.5 Å². The van der Waals surface area contributed by atoms with Gasteiger partial charge in [0.25, 0.3) is 0 Å². The molecule has 0 unspecified atom stereocenters. The van der Waals surface area contributed by atoms with Gasteiger partial charge in [-0.05, 0) is 58.9 Å². The maximum atomic E-state index is 12.5. The van der Waals surface area contributed by atoms with Gasteiger partial charge in [-0.2, -0.15) is 0 Å². The van der Waals surface area contributed by atoms with Gasteiger partial charge in [-0.3, -0.25) is 0 Å². The fourth-order valence-corrected chi connectivity index (χ4v) is 4.11. The number of aromatic nitrogens is 1. The minimum Gasteiger partial charge on any atom is -0.506 e. The highest BCUT2D eigenvalue weighted by Crippen LogP contribution is 2.38. The predicted octanol–water partition coefficient (Wildman–Crippen LogP) is 3.08. The van der Waals surface area contributed by atoms with Gasteiger partial charge in [-0.15, -0.1) is 0 Å². The van der Waals surface area contributed by atoms with Crippen molar-refractivity contribution in [3.63, 3.8) is 0 Å². The molecular formula is C21H31N3O4. The second-order valence-electron chi connectivity index (χ2n) is 9.39. The molecule has 1 aliphatic carbocycles. The third-order valence-electron chi connectivity index (χ3n) is 5.56. The van der Waals surface area contributed by atoms with Crippen LogP contribution in [0.1, 0.15) is 51.8 Å². The normalized spacial score (nSPS) is 24.1. The van der Waals surface area contributed by atoms with E-state index in [9.17, 15) is 9.90 Å². The topological polar surface area (TPSA) is 75.1 Å². The van der Waals surface area contributed by atoms with Crippen LogP contribution in [0.4, 0.5) is 10.6 Å². The van der Waals surface area contributed by atoms with Crippen molar-refractivity contribution in [3.8, 4) is 5.75 Å². The molecule has 3 aliphatic rings. The summed E-state index contributed by atoms with van der Waals surface area (Å²) in [4.78, 5) is 21.4. The molecule has 0 aromatic carbocycles. The van der Waals surface area contributed by atoms with Crippen molar-refractivity contribution < 1.29 is 19.4 Å². The summed E-state index contributed by atoms with van der Waals surface area (Å²) in [5.41, 5.74) is 1.13. The van der Waals surface area contributed by atoms with Gasteiger partial charge in [0, 0.05) is 31.3 Å². The first kappa shape index (κ1) is 19.3. The van der Waals surface area contributed by atoms with E-state index in [1.807, 2.05) is 26.8 Å². The summed E-state index contributed by atoms with van der Waals surface area (Å²) < 4.78 is 11.3. The molecule has 0 radical (unpaired) electrons. The maximum absolute atomic E-state index is 12.5. The minimum absolute atomic E-state index is 0.129. The molecule has 154 valence electrons. The number of aromatic hydroxyl groups is 1. The molecule has 0 spiro atoms. The molecule has 2 atom stereocenters. The summed E-state index contributed by atoms with van der Waals surface area (Å²) in [7, 11) is 0. The molecule has 7 nitrogen and oxygen atoms in total. The van der Waals surface area contributed by atoms with Gasteiger partial charge < -0.3 is 24.4 Å². The van der Waals surface area contributed by atoms with Crippen LogP contribution >= 0.6 is 0 Å². The fourth-order valence-electron chi connectivity index (χ4n) is 4.11. The number of fused-ring (bicyclic) bond motifs is 3. The Bertz CT molecular complexity index is 757. The van der Waals surface area contributed by atoms with Gasteiger partial charge in [0.05, 0.1) is 12.6 Å². The molecule has 2 aliphatic heterocycles. The third-order valence-corrected chi connectivity index (χ3v) is 5.56. The molecule has 1 saturated heterocycles. The molecule has 1 amide bonds. The number of piperazine rings is 1. The van der Waals surface area contributed by atoms with Gasteiger partial charge in [-0.1, -0.05) is 0 Å². The molecule has 1 aromatic heterocycles. The van der Waals surface area contributed by atoms with Crippen LogP contribution in [0.3, 0.4) is 0 Å². The summed E-state index contributed by atoms with van der Waals surface area (Å²) in [5, 5.41) is 10.4. The van der Waals surface area contributed by atoms with E-state index >= 15 is 0 Å². The molecule has 4 rings (SSSR count). The Balaban J connectivity index is 1.47. The maximum Gasteiger partial charge on any atom is 0.410 e. The first-order chi connectivity index (χ1) is 13.2. The number of carbonyl (C=O) groups is 1. The van der Waals surface area contributed by atoms with Crippen LogP contribution in [-0.4, -0.2) is 58.5 Å². The van der Waals surface area contributed by atoms with Crippen LogP contribution in [0.2, 0.25) is 0 Å². The van der Waals surface area contributed by atoms with Crippen molar-refractivity contribution in [1.29, 1.82) is 0 Å². The van der Waals surface area contributed by atoms with Crippen molar-refractivity contribution in [2.75, 3.05) is 24.6 Å². The van der Waals surface area contributed by atoms with Gasteiger partial charge in [0.2, 0.25) is 0 Å². The first-order valence-corrected chi connectivity index (χ1v) is 10.3. The second-order valence-corrected chi connectivity index (χ2v) is 9.39. The van der Waals surface area contributed by atoms with E-state index in [0.29, 0.717) is 31.3 Å². The number of pyridine rings is 1. The quantitative estimate of drug-likeness (QED) is 0.853. The van der Waals surface area contributed by atoms with E-state index in [4.69, 9.17) is 14.5 Å². The largest absolute Gasteiger partial charge is 0.506 e. The lowest BCUT2D eigenvalue weighted by molar-refractivity contribution is 0.0191. The summed E-state index contributed by atoms with van der Waals surface area (Å²) >= 11 is 0. The SMILES string of the molecule is C[C@@H]1CN(C(=O)OC(C)(C)C)C[C@H]2Cc3cc(O)c(COCC4CC4)nc3N21. The fraction of sp³-hybridized carbons (Fsp3) is 0.714. The average Bonchev–Trinajstić information content (AvgIpc) is 3.33. The highest BCUT2D eigenvalue weighted by Gasteiger charge is 2.42. The van der Waals surface area contributed by atoms with Crippen LogP contribution < -0.4 is 4.90 Å². The highest BCUT2D eigenvalue weighted by molar-refractivity contribution is 5.69. The second kappa shape index (κ2) is 7.10. The smallest absolute Gasteiger partial charge is 0.410 e. The van der Waals surface area contributed by atoms with Crippen molar-refractivity contribution >= 4 is 11.9 Å². The Morgan fingerprint density at radius 3 is 2.75 bits per heavy atom. The van der Waals surface area contributed by atoms with Crippen LogP contribution in [0.5, 0.6) is 5.75 Å². The summed E-state index contributed by atoms with van der Waals surface area (Å²) in [6.07, 6.45) is 2.98. The van der Waals surface area contributed by atoms with E-state index in [2.05, 4.69) is 11.8 Å². The van der Waals surface area contributed by atoms with Crippen molar-refractivity contribution in [1.82, 2.24) is 9.88 Å². The number of rotatable bonds is 4. The van der Waals surface area contributed by atoms with Gasteiger partial charge in [0.15, 0.2) is 0 Å². The molecular weight excluding hydrogens is 358 g/mol. The molecule has 3 heterocycles. The lowest BCUT2D eigenvalue weighted by Gasteiger charge is -2.43. The summed E-state index contributed by atoms with van der Waals surface area (Å²) in [5.74, 6) is 1.80. The van der Waals surface area contributed by atoms with E-state index in [1.165, 1.54) is 12.8 Å². The lowest BCUT2D eigenvalue weighted by atomic mass is 10.1. The van der Waals surface area contributed by atoms with Crippen molar-refractivity contribution in [2.24, 2.45) is 5.92 Å². The Labute approximate surface area is 166 Å². The predicted molar refractivity (Wildman–Crippen MR) is 106 cm³/mol. The number of hydrogen-bond acceptors (Lipinski definition) is 6. The van der Waals surface area contributed by atoms with Crippen LogP contribution in [0, 0.1) is 5.92 Å². The number of amides is 1. The van der Waals surface area contributed by atoms with Crippen molar-refractivity contribution in [3.05, 3.63) is 17.3 Å². The zero-order chi connectivity index (χ0) is 20.1. The van der Waals surface area contributed by atoms with E-state index in [-0.39, 0.29) is 23.9 Å². The minimum atomic E-state index is -0.501. The standard InChI is InChI=1S/C21H31N3O4/c1-13-9-23(20(26)28-21(2,3)4)10-16-7-15-8-18(25)17(22-19(15)24(13)16)12-27-11-14-5-6-14/h8,13-14,16,25H,5-7,9-12H2,1-4H3/t13-,16-/m1/s1. The Kier molecular flexibility index (Phi) is 4.89. The van der Waals surface area contributed by atoms with Crippen molar-refractivity contribution in [2.45, 2.75) is 71.2 Å². The molecule has 0 bridgehead atoms. The number of carbonyl (C=O) groups excluding carboxylic acids is 1. The summed E-state index contributed by atoms with van der Waals surface area (Å²) in [6.45, 7) is 10.0. The Morgan fingerprint density at radius 2 is 2.07 bits per heavy atom. The zero-order valence-electron chi connectivity index (χ0n) is 17.3. The van der Waals surface area contributed by atoms with E-state index in [0.717, 1.165) is 24.4 Å². The number of anilines is 1.